The van der Waals surface area contributed by atoms with Gasteiger partial charge in [0.2, 0.25) is 5.91 Å². The first kappa shape index (κ1) is 17.8. The lowest BCUT2D eigenvalue weighted by Crippen LogP contribution is -2.71. The van der Waals surface area contributed by atoms with Crippen LogP contribution in [0.15, 0.2) is 0 Å². The van der Waals surface area contributed by atoms with Crippen LogP contribution >= 0.6 is 0 Å². The quantitative estimate of drug-likeness (QED) is 0.796. The lowest BCUT2D eigenvalue weighted by atomic mass is 9.41. The molecule has 1 N–H and O–H groups in total. The van der Waals surface area contributed by atoms with E-state index in [1.165, 1.54) is 32.1 Å². The van der Waals surface area contributed by atoms with Crippen LogP contribution in [0.2, 0.25) is 0 Å². The fourth-order valence-electron chi connectivity index (χ4n) is 7.80. The van der Waals surface area contributed by atoms with E-state index in [0.29, 0.717) is 11.8 Å². The molecular weight excluding hydrogens is 310 g/mol. The Morgan fingerprint density at radius 2 is 1.84 bits per heavy atom. The molecule has 4 aliphatic rings. The van der Waals surface area contributed by atoms with Gasteiger partial charge in [-0.05, 0) is 73.0 Å². The normalized spacial score (nSPS) is 51.2. The van der Waals surface area contributed by atoms with E-state index in [9.17, 15) is 4.79 Å². The maximum absolute atomic E-state index is 12.2. The van der Waals surface area contributed by atoms with Gasteiger partial charge in [-0.15, -0.1) is 0 Å². The Labute approximate surface area is 153 Å². The number of ether oxygens (including phenoxy) is 1. The molecule has 7 atom stereocenters. The highest BCUT2D eigenvalue weighted by Crippen LogP contribution is 2.68. The lowest BCUT2D eigenvalue weighted by Gasteiger charge is -2.67. The van der Waals surface area contributed by atoms with Crippen molar-refractivity contribution in [2.75, 3.05) is 6.61 Å². The number of amides is 1. The standard InChI is InChI=1S/C22H37NO2/c1-6-25-19-18-22(5,13-10-16(24)23-18)15-9-12-21(4)11-7-8-14(21)17(15)20(19,2)3/h14-15,17-19H,6-13H2,1-5H3,(H,23,24)/t14-,15+,17-,18?,19?,21-,22+/m0/s1. The topological polar surface area (TPSA) is 38.3 Å². The average Bonchev–Trinajstić information content (AvgIpc) is 2.94. The van der Waals surface area contributed by atoms with Crippen LogP contribution in [0.5, 0.6) is 0 Å². The Morgan fingerprint density at radius 3 is 2.56 bits per heavy atom. The molecule has 0 spiro atoms. The van der Waals surface area contributed by atoms with Gasteiger partial charge in [-0.3, -0.25) is 4.79 Å². The van der Waals surface area contributed by atoms with Gasteiger partial charge in [0, 0.05) is 13.0 Å². The van der Waals surface area contributed by atoms with E-state index in [4.69, 9.17) is 4.74 Å². The average molecular weight is 348 g/mol. The molecule has 3 saturated carbocycles. The van der Waals surface area contributed by atoms with E-state index in [0.717, 1.165) is 30.8 Å². The first-order valence-corrected chi connectivity index (χ1v) is 10.6. The zero-order valence-electron chi connectivity index (χ0n) is 16.9. The van der Waals surface area contributed by atoms with Crippen molar-refractivity contribution in [3.8, 4) is 0 Å². The third-order valence-corrected chi connectivity index (χ3v) is 9.06. The number of hydrogen-bond donors (Lipinski definition) is 1. The zero-order valence-corrected chi connectivity index (χ0v) is 16.9. The molecule has 3 nitrogen and oxygen atoms in total. The molecule has 1 heterocycles. The Kier molecular flexibility index (Phi) is 4.07. The highest BCUT2D eigenvalue weighted by molar-refractivity contribution is 5.77. The highest BCUT2D eigenvalue weighted by atomic mass is 16.5. The molecule has 4 rings (SSSR count). The molecule has 3 aliphatic carbocycles. The second-order valence-electron chi connectivity index (χ2n) is 10.6. The summed E-state index contributed by atoms with van der Waals surface area (Å²) in [4.78, 5) is 12.2. The smallest absolute Gasteiger partial charge is 0.220 e. The zero-order chi connectivity index (χ0) is 18.0. The highest BCUT2D eigenvalue weighted by Gasteiger charge is 2.66. The third-order valence-electron chi connectivity index (χ3n) is 9.06. The van der Waals surface area contributed by atoms with Gasteiger partial charge in [0.05, 0.1) is 12.1 Å². The van der Waals surface area contributed by atoms with Gasteiger partial charge in [0.15, 0.2) is 0 Å². The van der Waals surface area contributed by atoms with Gasteiger partial charge < -0.3 is 10.1 Å². The summed E-state index contributed by atoms with van der Waals surface area (Å²) in [6, 6.07) is 0.177. The van der Waals surface area contributed by atoms with Crippen LogP contribution in [0.25, 0.3) is 0 Å². The summed E-state index contributed by atoms with van der Waals surface area (Å²) >= 11 is 0. The molecule has 0 aromatic carbocycles. The maximum atomic E-state index is 12.2. The van der Waals surface area contributed by atoms with E-state index in [-0.39, 0.29) is 28.9 Å². The molecule has 25 heavy (non-hydrogen) atoms. The Hall–Kier alpha value is -0.570. The minimum atomic E-state index is 0.117. The van der Waals surface area contributed by atoms with Crippen LogP contribution in [0.4, 0.5) is 0 Å². The van der Waals surface area contributed by atoms with E-state index in [1.807, 2.05) is 0 Å². The second-order valence-corrected chi connectivity index (χ2v) is 10.6. The summed E-state index contributed by atoms with van der Waals surface area (Å²) in [5, 5.41) is 3.39. The number of hydrogen-bond acceptors (Lipinski definition) is 2. The van der Waals surface area contributed by atoms with Crippen molar-refractivity contribution < 1.29 is 9.53 Å². The van der Waals surface area contributed by atoms with Crippen molar-refractivity contribution in [1.82, 2.24) is 5.32 Å². The molecule has 2 unspecified atom stereocenters. The molecule has 0 aromatic heterocycles. The number of nitrogens with one attached hydrogen (secondary N) is 1. The summed E-state index contributed by atoms with van der Waals surface area (Å²) < 4.78 is 6.40. The Balaban J connectivity index is 1.79. The number of carbonyl (C=O) groups excluding carboxylic acids is 1. The van der Waals surface area contributed by atoms with Gasteiger partial charge in [-0.25, -0.2) is 0 Å². The Bertz CT molecular complexity index is 558. The van der Waals surface area contributed by atoms with Crippen LogP contribution in [-0.4, -0.2) is 24.7 Å². The van der Waals surface area contributed by atoms with Gasteiger partial charge in [0.1, 0.15) is 0 Å². The first-order valence-electron chi connectivity index (χ1n) is 10.6. The van der Waals surface area contributed by atoms with E-state index >= 15 is 0 Å². The van der Waals surface area contributed by atoms with Crippen molar-refractivity contribution >= 4 is 5.91 Å². The molecular formula is C22H37NO2. The predicted octanol–water partition coefficient (Wildman–Crippen LogP) is 4.55. The van der Waals surface area contributed by atoms with Crippen molar-refractivity contribution in [2.45, 2.75) is 91.7 Å². The van der Waals surface area contributed by atoms with Gasteiger partial charge in [-0.1, -0.05) is 34.1 Å². The number of fused-ring (bicyclic) bond motifs is 5. The van der Waals surface area contributed by atoms with Crippen LogP contribution in [0, 0.1) is 34.0 Å². The Morgan fingerprint density at radius 1 is 1.08 bits per heavy atom. The van der Waals surface area contributed by atoms with Crippen LogP contribution in [-0.2, 0) is 9.53 Å². The molecule has 0 radical (unpaired) electrons. The van der Waals surface area contributed by atoms with E-state index in [1.54, 1.807) is 0 Å². The number of piperidine rings is 1. The van der Waals surface area contributed by atoms with Gasteiger partial charge >= 0.3 is 0 Å². The summed E-state index contributed by atoms with van der Waals surface area (Å²) in [5.74, 6) is 2.50. The van der Waals surface area contributed by atoms with Crippen LogP contribution in [0.3, 0.4) is 0 Å². The van der Waals surface area contributed by atoms with Crippen molar-refractivity contribution in [3.63, 3.8) is 0 Å². The summed E-state index contributed by atoms with van der Waals surface area (Å²) in [5.41, 5.74) is 0.848. The van der Waals surface area contributed by atoms with Gasteiger partial charge in [-0.2, -0.15) is 0 Å². The van der Waals surface area contributed by atoms with Crippen LogP contribution in [0.1, 0.15) is 79.6 Å². The minimum absolute atomic E-state index is 0.117. The van der Waals surface area contributed by atoms with Crippen molar-refractivity contribution in [1.29, 1.82) is 0 Å². The fourth-order valence-corrected chi connectivity index (χ4v) is 7.80. The molecule has 4 fully saturated rings. The molecule has 1 aliphatic heterocycles. The number of carbonyl (C=O) groups is 1. The minimum Gasteiger partial charge on any atom is -0.376 e. The molecule has 142 valence electrons. The molecule has 0 aromatic rings. The monoisotopic (exact) mass is 347 g/mol. The molecule has 1 amide bonds. The molecule has 1 saturated heterocycles. The predicted molar refractivity (Wildman–Crippen MR) is 100 cm³/mol. The largest absolute Gasteiger partial charge is 0.376 e. The first-order chi connectivity index (χ1) is 11.7. The van der Waals surface area contributed by atoms with Crippen LogP contribution < -0.4 is 5.32 Å². The molecule has 3 heteroatoms. The third kappa shape index (κ3) is 2.37. The SMILES string of the molecule is CCOC1C2NC(=O)CC[C@]2(C)[C@@H]2CC[C@]3(C)CCC[C@H]3[C@@H]2C1(C)C. The number of rotatable bonds is 2. The summed E-state index contributed by atoms with van der Waals surface area (Å²) in [6.07, 6.45) is 8.78. The summed E-state index contributed by atoms with van der Waals surface area (Å²) in [7, 11) is 0. The van der Waals surface area contributed by atoms with Crippen molar-refractivity contribution in [2.24, 2.45) is 34.0 Å². The molecule has 0 bridgehead atoms. The van der Waals surface area contributed by atoms with Crippen molar-refractivity contribution in [3.05, 3.63) is 0 Å². The van der Waals surface area contributed by atoms with E-state index in [2.05, 4.69) is 39.9 Å². The fraction of sp³-hybridized carbons (Fsp3) is 0.955. The summed E-state index contributed by atoms with van der Waals surface area (Å²) in [6.45, 7) is 12.7. The second kappa shape index (κ2) is 5.71. The maximum Gasteiger partial charge on any atom is 0.220 e. The van der Waals surface area contributed by atoms with E-state index < -0.39 is 0 Å². The van der Waals surface area contributed by atoms with Gasteiger partial charge in [0.25, 0.3) is 0 Å². The lowest BCUT2D eigenvalue weighted by molar-refractivity contribution is -0.214.